The lowest BCUT2D eigenvalue weighted by Crippen LogP contribution is -2.48. The number of carbonyl (C=O) groups is 1. The van der Waals surface area contributed by atoms with Gasteiger partial charge in [0.2, 0.25) is 0 Å². The minimum Gasteiger partial charge on any atom is -0.490 e. The number of aliphatic hydroxyl groups excluding tert-OH is 1. The number of rotatable bonds is 9. The maximum Gasteiger partial charge on any atom is 0.271 e. The lowest BCUT2D eigenvalue weighted by molar-refractivity contribution is -0.00832. The quantitative estimate of drug-likeness (QED) is 0.327. The summed E-state index contributed by atoms with van der Waals surface area (Å²) >= 11 is 2.22. The third-order valence-electron chi connectivity index (χ3n) is 7.66. The second-order valence-corrected chi connectivity index (χ2v) is 17.3. The molecule has 4 atom stereocenters. The average Bonchev–Trinajstić information content (AvgIpc) is 3.74. The fraction of sp³-hybridized carbons (Fsp3) is 0.500. The van der Waals surface area contributed by atoms with Crippen LogP contribution < -0.4 is 9.46 Å². The van der Waals surface area contributed by atoms with Gasteiger partial charge in [-0.05, 0) is 74.2 Å². The molecular formula is C30H41N3O8S4. The van der Waals surface area contributed by atoms with Gasteiger partial charge in [-0.15, -0.1) is 22.7 Å². The van der Waals surface area contributed by atoms with E-state index in [0.29, 0.717) is 18.8 Å². The number of nitrogens with one attached hydrogen (secondary N) is 1. The largest absolute Gasteiger partial charge is 0.490 e. The van der Waals surface area contributed by atoms with E-state index >= 15 is 0 Å². The van der Waals surface area contributed by atoms with Gasteiger partial charge in [-0.25, -0.2) is 16.8 Å². The Morgan fingerprint density at radius 3 is 2.40 bits per heavy atom. The van der Waals surface area contributed by atoms with E-state index in [-0.39, 0.29) is 51.4 Å². The van der Waals surface area contributed by atoms with Gasteiger partial charge in [0.05, 0.1) is 30.4 Å². The molecule has 0 unspecified atom stereocenters. The van der Waals surface area contributed by atoms with Gasteiger partial charge >= 0.3 is 0 Å². The highest BCUT2D eigenvalue weighted by atomic mass is 32.3. The first-order valence-electron chi connectivity index (χ1n) is 14.7. The summed E-state index contributed by atoms with van der Waals surface area (Å²) in [5.41, 5.74) is 0.340. The van der Waals surface area contributed by atoms with E-state index in [2.05, 4.69) is 4.72 Å². The van der Waals surface area contributed by atoms with Crippen molar-refractivity contribution in [2.45, 2.75) is 66.7 Å². The number of aliphatic hydroxyl groups is 1. The number of sulfonamides is 2. The molecule has 1 aliphatic heterocycles. The number of likely N-dealkylation sites (N-methyl/N-ethyl adjacent to an activating group) is 1. The lowest BCUT2D eigenvalue weighted by Gasteiger charge is -2.35. The Kier molecular flexibility index (Phi) is 12.1. The molecule has 1 amide bonds. The van der Waals surface area contributed by atoms with Gasteiger partial charge in [-0.1, -0.05) is 19.1 Å². The molecule has 1 aliphatic rings. The van der Waals surface area contributed by atoms with Crippen LogP contribution in [0.4, 0.5) is 5.69 Å². The van der Waals surface area contributed by atoms with E-state index in [1.807, 2.05) is 13.8 Å². The van der Waals surface area contributed by atoms with Crippen LogP contribution in [0.3, 0.4) is 0 Å². The summed E-state index contributed by atoms with van der Waals surface area (Å²) in [6, 6.07) is 10.4. The van der Waals surface area contributed by atoms with Crippen molar-refractivity contribution >= 4 is 54.3 Å². The molecule has 3 heterocycles. The number of nitrogens with zero attached hydrogens (tertiary/aromatic N) is 2. The van der Waals surface area contributed by atoms with E-state index in [4.69, 9.17) is 9.47 Å². The van der Waals surface area contributed by atoms with Crippen LogP contribution in [0, 0.1) is 5.92 Å². The van der Waals surface area contributed by atoms with E-state index in [1.54, 1.807) is 48.0 Å². The van der Waals surface area contributed by atoms with E-state index in [1.165, 1.54) is 28.4 Å². The molecule has 0 fully saturated rings. The first kappa shape index (κ1) is 35.3. The van der Waals surface area contributed by atoms with Crippen molar-refractivity contribution < 1.29 is 36.2 Å². The van der Waals surface area contributed by atoms with Crippen molar-refractivity contribution in [2.75, 3.05) is 38.1 Å². The van der Waals surface area contributed by atoms with Gasteiger partial charge in [-0.3, -0.25) is 9.52 Å². The van der Waals surface area contributed by atoms with Crippen LogP contribution in [-0.2, 0) is 24.8 Å². The molecule has 1 aromatic carbocycles. The second-order valence-electron chi connectivity index (χ2n) is 11.3. The van der Waals surface area contributed by atoms with Gasteiger partial charge in [0.1, 0.15) is 14.2 Å². The van der Waals surface area contributed by atoms with Gasteiger partial charge in [-0.2, -0.15) is 4.31 Å². The van der Waals surface area contributed by atoms with Crippen LogP contribution in [-0.4, -0.2) is 88.7 Å². The maximum absolute atomic E-state index is 14.3. The number of fused-ring (bicyclic) bond motifs is 1. The first-order valence-corrected chi connectivity index (χ1v) is 19.4. The predicted molar refractivity (Wildman–Crippen MR) is 176 cm³/mol. The fourth-order valence-electron chi connectivity index (χ4n) is 4.99. The van der Waals surface area contributed by atoms with Crippen molar-refractivity contribution in [2.24, 2.45) is 5.92 Å². The monoisotopic (exact) mass is 699 g/mol. The number of anilines is 1. The number of ether oxygens (including phenoxy) is 2. The SMILES string of the molecule is C[C@@H]1CCCCO[C@@H](CN(C)S(=O)(=O)c2cccs2)[C@@H](C)CN([C@H](C)CO)C(=O)c2cc(NS(=O)(=O)c3cccs3)ccc2O1. The molecule has 15 heteroatoms. The van der Waals surface area contributed by atoms with Crippen LogP contribution in [0.25, 0.3) is 0 Å². The zero-order valence-corrected chi connectivity index (χ0v) is 29.1. The summed E-state index contributed by atoms with van der Waals surface area (Å²) < 4.78 is 69.0. The van der Waals surface area contributed by atoms with Crippen molar-refractivity contribution in [1.29, 1.82) is 0 Å². The highest BCUT2D eigenvalue weighted by molar-refractivity contribution is 7.94. The Labute approximate surface area is 273 Å². The Hall–Kier alpha value is -2.53. The summed E-state index contributed by atoms with van der Waals surface area (Å²) in [4.78, 5) is 15.8. The number of hydrogen-bond acceptors (Lipinski definition) is 10. The third-order valence-corrected chi connectivity index (χ3v) is 13.6. The van der Waals surface area contributed by atoms with Gasteiger partial charge in [0.25, 0.3) is 26.0 Å². The Balaban J connectivity index is 1.67. The summed E-state index contributed by atoms with van der Waals surface area (Å²) in [5, 5.41) is 13.5. The van der Waals surface area contributed by atoms with Crippen molar-refractivity contribution in [3.05, 3.63) is 58.8 Å². The average molecular weight is 700 g/mol. The molecule has 4 rings (SSSR count). The van der Waals surface area contributed by atoms with Gasteiger partial charge in [0.15, 0.2) is 0 Å². The summed E-state index contributed by atoms with van der Waals surface area (Å²) in [7, 11) is -6.08. The minimum absolute atomic E-state index is 0.0711. The molecular weight excluding hydrogens is 659 g/mol. The summed E-state index contributed by atoms with van der Waals surface area (Å²) in [6.07, 6.45) is 1.37. The predicted octanol–water partition coefficient (Wildman–Crippen LogP) is 4.73. The third kappa shape index (κ3) is 8.84. The molecule has 0 bridgehead atoms. The first-order chi connectivity index (χ1) is 21.3. The molecule has 45 heavy (non-hydrogen) atoms. The number of thiophene rings is 2. The van der Waals surface area contributed by atoms with Gasteiger partial charge < -0.3 is 19.5 Å². The molecule has 0 aliphatic carbocycles. The molecule has 0 spiro atoms. The topological polar surface area (TPSA) is 143 Å². The van der Waals surface area contributed by atoms with Crippen LogP contribution in [0.15, 0.2) is 61.6 Å². The molecule has 0 saturated carbocycles. The van der Waals surface area contributed by atoms with E-state index in [0.717, 1.165) is 35.5 Å². The number of amides is 1. The zero-order chi connectivity index (χ0) is 32.8. The normalized spacial score (nSPS) is 21.5. The van der Waals surface area contributed by atoms with Gasteiger partial charge in [0, 0.05) is 38.3 Å². The van der Waals surface area contributed by atoms with Crippen LogP contribution in [0.2, 0.25) is 0 Å². The molecule has 3 aromatic rings. The highest BCUT2D eigenvalue weighted by Crippen LogP contribution is 2.30. The molecule has 2 aromatic heterocycles. The smallest absolute Gasteiger partial charge is 0.271 e. The summed E-state index contributed by atoms with van der Waals surface area (Å²) in [6.45, 7) is 5.79. The van der Waals surface area contributed by atoms with Crippen LogP contribution >= 0.6 is 22.7 Å². The molecule has 0 radical (unpaired) electrons. The maximum atomic E-state index is 14.3. The number of carbonyl (C=O) groups excluding carboxylic acids is 1. The minimum atomic E-state index is -3.87. The fourth-order valence-corrected chi connectivity index (χ4v) is 9.41. The van der Waals surface area contributed by atoms with Crippen LogP contribution in [0.5, 0.6) is 5.75 Å². The second kappa shape index (κ2) is 15.4. The van der Waals surface area contributed by atoms with Crippen molar-refractivity contribution in [3.8, 4) is 5.75 Å². The summed E-state index contributed by atoms with van der Waals surface area (Å²) in [5.74, 6) is -0.491. The molecule has 2 N–H and O–H groups in total. The van der Waals surface area contributed by atoms with Crippen molar-refractivity contribution in [1.82, 2.24) is 9.21 Å². The lowest BCUT2D eigenvalue weighted by atomic mass is 10.0. The Morgan fingerprint density at radius 2 is 1.76 bits per heavy atom. The zero-order valence-electron chi connectivity index (χ0n) is 25.8. The molecule has 248 valence electrons. The Morgan fingerprint density at radius 1 is 1.07 bits per heavy atom. The van der Waals surface area contributed by atoms with Crippen molar-refractivity contribution in [3.63, 3.8) is 0 Å². The molecule has 11 nitrogen and oxygen atoms in total. The standard InChI is InChI=1S/C30H41N3O8S4/c1-21-18-33(22(2)20-34)30(35)25-17-24(31-44(36,37)28-10-7-15-42-28)12-13-26(25)41-23(3)9-5-6-14-40-27(21)19-32(4)45(38,39)29-11-8-16-43-29/h7-8,10-13,15-17,21-23,27,31,34H,5-6,9,14,18-20H2,1-4H3/t21-,22+,23+,27-/m0/s1. The highest BCUT2D eigenvalue weighted by Gasteiger charge is 2.33. The molecule has 0 saturated heterocycles. The number of hydrogen-bond donors (Lipinski definition) is 2. The Bertz CT molecular complexity index is 1610. The van der Waals surface area contributed by atoms with E-state index in [9.17, 15) is 26.7 Å². The van der Waals surface area contributed by atoms with E-state index < -0.39 is 38.1 Å². The number of benzene rings is 1. The van der Waals surface area contributed by atoms with Crippen LogP contribution in [0.1, 0.15) is 50.4 Å².